The van der Waals surface area contributed by atoms with Gasteiger partial charge < -0.3 is 10.4 Å². The molecule has 6 nitrogen and oxygen atoms in total. The molecule has 4 N–H and O–H groups in total. The summed E-state index contributed by atoms with van der Waals surface area (Å²) in [6, 6.07) is 11.6. The van der Waals surface area contributed by atoms with E-state index in [-0.39, 0.29) is 22.8 Å². The highest BCUT2D eigenvalue weighted by Gasteiger charge is 2.23. The van der Waals surface area contributed by atoms with Gasteiger partial charge in [0, 0.05) is 22.7 Å². The molecule has 0 saturated carbocycles. The number of carbonyl (C=O) groups is 1. The van der Waals surface area contributed by atoms with Crippen molar-refractivity contribution in [1.29, 1.82) is 0 Å². The van der Waals surface area contributed by atoms with Gasteiger partial charge in [0.15, 0.2) is 0 Å². The molecule has 0 bridgehead atoms. The van der Waals surface area contributed by atoms with Crippen molar-refractivity contribution >= 4 is 33.0 Å². The molecule has 9 heteroatoms. The molecular formula is C18H15FN2O4S2. The van der Waals surface area contributed by atoms with Crippen molar-refractivity contribution in [3.8, 4) is 10.4 Å². The fourth-order valence-corrected chi connectivity index (χ4v) is 4.24. The first-order valence-corrected chi connectivity index (χ1v) is 10.1. The van der Waals surface area contributed by atoms with Gasteiger partial charge in [-0.3, -0.25) is 0 Å². The van der Waals surface area contributed by atoms with Crippen molar-refractivity contribution in [1.82, 2.24) is 0 Å². The fraction of sp³-hybridized carbons (Fsp3) is 0.0556. The third-order valence-electron chi connectivity index (χ3n) is 3.82. The van der Waals surface area contributed by atoms with Crippen LogP contribution in [0, 0.1) is 5.82 Å². The lowest BCUT2D eigenvalue weighted by Gasteiger charge is -2.16. The summed E-state index contributed by atoms with van der Waals surface area (Å²) >= 11 is 1.30. The molecule has 0 fully saturated rings. The number of nitrogens with one attached hydrogen (secondary N) is 1. The molecule has 0 amide bonds. The molecule has 0 unspecified atom stereocenters. The lowest BCUT2D eigenvalue weighted by molar-refractivity contribution is 0.0696. The third-order valence-corrected chi connectivity index (χ3v) is 5.64. The van der Waals surface area contributed by atoms with E-state index in [9.17, 15) is 22.7 Å². The van der Waals surface area contributed by atoms with Crippen LogP contribution in [0.25, 0.3) is 10.4 Å². The molecule has 2 aromatic carbocycles. The zero-order valence-corrected chi connectivity index (χ0v) is 15.5. The van der Waals surface area contributed by atoms with E-state index in [1.807, 2.05) is 0 Å². The second-order valence-electron chi connectivity index (χ2n) is 5.70. The molecule has 0 aliphatic heterocycles. The first-order chi connectivity index (χ1) is 12.8. The average molecular weight is 406 g/mol. The summed E-state index contributed by atoms with van der Waals surface area (Å²) < 4.78 is 37.3. The van der Waals surface area contributed by atoms with E-state index in [4.69, 9.17) is 5.14 Å². The SMILES string of the molecule is NS(=O)(=O)c1cc(C(=O)O)cc(NCc2ccc(F)cc2)c1-c1cccs1. The zero-order valence-electron chi connectivity index (χ0n) is 13.8. The molecule has 0 spiro atoms. The van der Waals surface area contributed by atoms with Crippen LogP contribution in [0.1, 0.15) is 15.9 Å². The van der Waals surface area contributed by atoms with Gasteiger partial charge >= 0.3 is 5.97 Å². The molecule has 0 aliphatic carbocycles. The number of carboxylic acid groups (broad SMARTS) is 1. The number of primary sulfonamides is 1. The van der Waals surface area contributed by atoms with Crippen molar-refractivity contribution in [2.24, 2.45) is 5.14 Å². The number of hydrogen-bond acceptors (Lipinski definition) is 5. The quantitative estimate of drug-likeness (QED) is 0.580. The predicted octanol–water partition coefficient (Wildman–Crippen LogP) is 3.51. The number of hydrogen-bond donors (Lipinski definition) is 3. The number of aromatic carboxylic acids is 1. The van der Waals surface area contributed by atoms with Gasteiger partial charge in [-0.05, 0) is 41.3 Å². The van der Waals surface area contributed by atoms with Crippen LogP contribution < -0.4 is 10.5 Å². The van der Waals surface area contributed by atoms with E-state index in [1.54, 1.807) is 29.6 Å². The van der Waals surface area contributed by atoms with Gasteiger partial charge in [-0.1, -0.05) is 18.2 Å². The number of nitrogens with two attached hydrogens (primary N) is 1. The summed E-state index contributed by atoms with van der Waals surface area (Å²) in [4.78, 5) is 11.8. The fourth-order valence-electron chi connectivity index (χ4n) is 2.58. The highest BCUT2D eigenvalue weighted by Crippen LogP contribution is 2.38. The first-order valence-electron chi connectivity index (χ1n) is 7.72. The predicted molar refractivity (Wildman–Crippen MR) is 102 cm³/mol. The van der Waals surface area contributed by atoms with Crippen LogP contribution in [0.15, 0.2) is 58.8 Å². The number of sulfonamides is 1. The topological polar surface area (TPSA) is 109 Å². The Labute approximate surface area is 159 Å². The molecule has 3 rings (SSSR count). The zero-order chi connectivity index (χ0) is 19.6. The number of benzene rings is 2. The van der Waals surface area contributed by atoms with Crippen LogP contribution in [0.5, 0.6) is 0 Å². The maximum atomic E-state index is 13.1. The van der Waals surface area contributed by atoms with E-state index >= 15 is 0 Å². The largest absolute Gasteiger partial charge is 0.478 e. The Morgan fingerprint density at radius 3 is 2.44 bits per heavy atom. The summed E-state index contributed by atoms with van der Waals surface area (Å²) in [5.41, 5.74) is 1.15. The van der Waals surface area contributed by atoms with E-state index in [2.05, 4.69) is 5.32 Å². The standard InChI is InChI=1S/C18H15FN2O4S2/c19-13-5-3-11(4-6-13)10-21-14-8-12(18(22)23)9-16(27(20,24)25)17(14)15-2-1-7-26-15/h1-9,21H,10H2,(H,22,23)(H2,20,24,25). The van der Waals surface area contributed by atoms with E-state index in [1.165, 1.54) is 29.5 Å². The minimum Gasteiger partial charge on any atom is -0.478 e. The molecule has 0 radical (unpaired) electrons. The van der Waals surface area contributed by atoms with Crippen LogP contribution in [0.3, 0.4) is 0 Å². The minimum atomic E-state index is -4.17. The maximum Gasteiger partial charge on any atom is 0.335 e. The van der Waals surface area contributed by atoms with Crippen LogP contribution in [0.2, 0.25) is 0 Å². The number of halogens is 1. The highest BCUT2D eigenvalue weighted by molar-refractivity contribution is 7.89. The van der Waals surface area contributed by atoms with Crippen LogP contribution in [-0.2, 0) is 16.6 Å². The van der Waals surface area contributed by atoms with Crippen molar-refractivity contribution in [2.75, 3.05) is 5.32 Å². The molecule has 0 saturated heterocycles. The van der Waals surface area contributed by atoms with E-state index in [0.29, 0.717) is 16.1 Å². The minimum absolute atomic E-state index is 0.207. The van der Waals surface area contributed by atoms with E-state index < -0.39 is 16.0 Å². The van der Waals surface area contributed by atoms with Crippen molar-refractivity contribution in [2.45, 2.75) is 11.4 Å². The molecule has 0 aliphatic rings. The summed E-state index contributed by atoms with van der Waals surface area (Å²) in [5.74, 6) is -1.65. The van der Waals surface area contributed by atoms with Gasteiger partial charge in [-0.25, -0.2) is 22.7 Å². The Balaban J connectivity index is 2.13. The Morgan fingerprint density at radius 2 is 1.89 bits per heavy atom. The lowest BCUT2D eigenvalue weighted by Crippen LogP contribution is -2.16. The Morgan fingerprint density at radius 1 is 1.19 bits per heavy atom. The molecule has 140 valence electrons. The van der Waals surface area contributed by atoms with Gasteiger partial charge in [-0.2, -0.15) is 0 Å². The van der Waals surface area contributed by atoms with Crippen LogP contribution in [0.4, 0.5) is 10.1 Å². The second-order valence-corrected chi connectivity index (χ2v) is 8.18. The normalized spacial score (nSPS) is 11.3. The Kier molecular flexibility index (Phi) is 5.26. The number of anilines is 1. The summed E-state index contributed by atoms with van der Waals surface area (Å²) in [5, 5.41) is 19.5. The first kappa shape index (κ1) is 19.0. The van der Waals surface area contributed by atoms with Crippen molar-refractivity contribution in [3.05, 3.63) is 70.9 Å². The Hall–Kier alpha value is -2.75. The van der Waals surface area contributed by atoms with Crippen molar-refractivity contribution in [3.63, 3.8) is 0 Å². The monoisotopic (exact) mass is 406 g/mol. The summed E-state index contributed by atoms with van der Waals surface area (Å²) in [6.07, 6.45) is 0. The van der Waals surface area contributed by atoms with Crippen molar-refractivity contribution < 1.29 is 22.7 Å². The number of carboxylic acids is 1. The van der Waals surface area contributed by atoms with Gasteiger partial charge in [0.05, 0.1) is 10.5 Å². The molecule has 0 atom stereocenters. The van der Waals surface area contributed by atoms with Gasteiger partial charge in [0.2, 0.25) is 10.0 Å². The smallest absolute Gasteiger partial charge is 0.335 e. The molecule has 27 heavy (non-hydrogen) atoms. The average Bonchev–Trinajstić information content (AvgIpc) is 3.13. The summed E-state index contributed by atoms with van der Waals surface area (Å²) in [7, 11) is -4.17. The molecule has 1 heterocycles. The highest BCUT2D eigenvalue weighted by atomic mass is 32.2. The molecular weight excluding hydrogens is 391 g/mol. The van der Waals surface area contributed by atoms with Gasteiger partial charge in [0.1, 0.15) is 5.82 Å². The van der Waals surface area contributed by atoms with E-state index in [0.717, 1.165) is 11.6 Å². The van der Waals surface area contributed by atoms with Gasteiger partial charge in [-0.15, -0.1) is 11.3 Å². The lowest BCUT2D eigenvalue weighted by atomic mass is 10.1. The maximum absolute atomic E-state index is 13.1. The molecule has 1 aromatic heterocycles. The number of rotatable bonds is 6. The number of thiophene rings is 1. The Bertz CT molecular complexity index is 1080. The summed E-state index contributed by atoms with van der Waals surface area (Å²) in [6.45, 7) is 0.242. The van der Waals surface area contributed by atoms with Crippen LogP contribution >= 0.6 is 11.3 Å². The third kappa shape index (κ3) is 4.33. The second kappa shape index (κ2) is 7.47. The van der Waals surface area contributed by atoms with Crippen LogP contribution in [-0.4, -0.2) is 19.5 Å². The van der Waals surface area contributed by atoms with Gasteiger partial charge in [0.25, 0.3) is 0 Å². The molecule has 3 aromatic rings.